The fourth-order valence-corrected chi connectivity index (χ4v) is 1.56. The van der Waals surface area contributed by atoms with Crippen molar-refractivity contribution >= 4 is 11.5 Å². The van der Waals surface area contributed by atoms with E-state index in [0.29, 0.717) is 12.1 Å². The molecule has 0 radical (unpaired) electrons. The fourth-order valence-electron chi connectivity index (χ4n) is 1.56. The van der Waals surface area contributed by atoms with Crippen LogP contribution in [0.15, 0.2) is 23.4 Å². The van der Waals surface area contributed by atoms with E-state index in [1.54, 1.807) is 12.1 Å². The highest BCUT2D eigenvalue weighted by molar-refractivity contribution is 5.80. The summed E-state index contributed by atoms with van der Waals surface area (Å²) in [6, 6.07) is 4.82. The van der Waals surface area contributed by atoms with Crippen LogP contribution in [-0.4, -0.2) is 17.1 Å². The van der Waals surface area contributed by atoms with E-state index in [0.717, 1.165) is 12.0 Å². The maximum absolute atomic E-state index is 13.5. The van der Waals surface area contributed by atoms with Gasteiger partial charge in [-0.05, 0) is 31.0 Å². The van der Waals surface area contributed by atoms with Crippen LogP contribution in [0.2, 0.25) is 0 Å². The van der Waals surface area contributed by atoms with Gasteiger partial charge < -0.3 is 16.3 Å². The normalized spacial score (nSPS) is 13.5. The Hall–Kier alpha value is -1.78. The minimum absolute atomic E-state index is 0.0535. The number of hydrogen-bond acceptors (Lipinski definition) is 3. The monoisotopic (exact) mass is 239 g/mol. The molecule has 1 rings (SSSR count). The molecule has 0 fully saturated rings. The number of aryl methyl sites for hydroxylation is 1. The molecule has 0 aliphatic heterocycles. The predicted octanol–water partition coefficient (Wildman–Crippen LogP) is 2.46. The molecular weight excluding hydrogens is 221 g/mol. The van der Waals surface area contributed by atoms with Crippen molar-refractivity contribution in [1.82, 2.24) is 0 Å². The summed E-state index contributed by atoms with van der Waals surface area (Å²) in [5, 5.41) is 14.5. The third kappa shape index (κ3) is 3.94. The van der Waals surface area contributed by atoms with E-state index < -0.39 is 0 Å². The maximum atomic E-state index is 13.5. The second-order valence-corrected chi connectivity index (χ2v) is 4.03. The number of rotatable bonds is 5. The van der Waals surface area contributed by atoms with Gasteiger partial charge in [0.2, 0.25) is 0 Å². The zero-order valence-electron chi connectivity index (χ0n) is 10.1. The van der Waals surface area contributed by atoms with Gasteiger partial charge in [0.15, 0.2) is 0 Å². The first-order valence-electron chi connectivity index (χ1n) is 5.56. The van der Waals surface area contributed by atoms with Crippen molar-refractivity contribution in [3.8, 4) is 0 Å². The van der Waals surface area contributed by atoms with Crippen LogP contribution in [0.1, 0.15) is 25.3 Å². The van der Waals surface area contributed by atoms with Crippen molar-refractivity contribution in [2.24, 2.45) is 10.9 Å². The topological polar surface area (TPSA) is 70.6 Å². The van der Waals surface area contributed by atoms with Crippen LogP contribution in [-0.2, 0) is 0 Å². The van der Waals surface area contributed by atoms with Gasteiger partial charge in [-0.15, -0.1) is 0 Å². The molecule has 1 unspecified atom stereocenters. The quantitative estimate of drug-likeness (QED) is 0.320. The summed E-state index contributed by atoms with van der Waals surface area (Å²) in [5.41, 5.74) is 6.86. The average Bonchev–Trinajstić information content (AvgIpc) is 2.32. The highest BCUT2D eigenvalue weighted by Crippen LogP contribution is 2.18. The molecule has 17 heavy (non-hydrogen) atoms. The molecule has 94 valence electrons. The molecular formula is C12H18FN3O. The van der Waals surface area contributed by atoms with E-state index in [9.17, 15) is 4.39 Å². The number of hydrogen-bond donors (Lipinski definition) is 3. The Kier molecular flexibility index (Phi) is 4.75. The van der Waals surface area contributed by atoms with E-state index in [4.69, 9.17) is 10.9 Å². The van der Waals surface area contributed by atoms with E-state index in [2.05, 4.69) is 10.5 Å². The van der Waals surface area contributed by atoms with Gasteiger partial charge in [0.05, 0.1) is 5.69 Å². The number of benzene rings is 1. The van der Waals surface area contributed by atoms with Crippen molar-refractivity contribution in [2.75, 3.05) is 5.32 Å². The van der Waals surface area contributed by atoms with Gasteiger partial charge in [0, 0.05) is 12.5 Å². The second kappa shape index (κ2) is 6.08. The summed E-state index contributed by atoms with van der Waals surface area (Å²) in [6.45, 7) is 3.85. The average molecular weight is 239 g/mol. The highest BCUT2D eigenvalue weighted by Gasteiger charge is 2.11. The molecule has 0 aliphatic carbocycles. The number of oxime groups is 1. The van der Waals surface area contributed by atoms with Crippen molar-refractivity contribution in [1.29, 1.82) is 0 Å². The molecule has 5 heteroatoms. The lowest BCUT2D eigenvalue weighted by molar-refractivity contribution is 0.316. The standard InChI is InChI=1S/C12H18FN3O/c1-3-9(7-12(14)16-17)15-11-6-8(2)4-5-10(11)13/h4-6,9,15,17H,3,7H2,1-2H3,(H2,14,16). The summed E-state index contributed by atoms with van der Waals surface area (Å²) < 4.78 is 13.5. The lowest BCUT2D eigenvalue weighted by Gasteiger charge is -2.18. The first kappa shape index (κ1) is 13.3. The predicted molar refractivity (Wildman–Crippen MR) is 66.9 cm³/mol. The van der Waals surface area contributed by atoms with E-state index >= 15 is 0 Å². The Balaban J connectivity index is 2.76. The molecule has 4 N–H and O–H groups in total. The molecule has 0 spiro atoms. The number of nitrogens with zero attached hydrogens (tertiary/aromatic N) is 1. The molecule has 0 saturated heterocycles. The summed E-state index contributed by atoms with van der Waals surface area (Å²) in [4.78, 5) is 0. The van der Waals surface area contributed by atoms with Gasteiger partial charge in [-0.1, -0.05) is 18.1 Å². The third-order valence-corrected chi connectivity index (χ3v) is 2.56. The molecule has 0 heterocycles. The molecule has 4 nitrogen and oxygen atoms in total. The van der Waals surface area contributed by atoms with Gasteiger partial charge in [0.25, 0.3) is 0 Å². The van der Waals surface area contributed by atoms with Crippen LogP contribution in [0.3, 0.4) is 0 Å². The summed E-state index contributed by atoms with van der Waals surface area (Å²) in [5.74, 6) is -0.161. The van der Waals surface area contributed by atoms with Crippen molar-refractivity contribution in [2.45, 2.75) is 32.7 Å². The van der Waals surface area contributed by atoms with Gasteiger partial charge in [-0.3, -0.25) is 0 Å². The zero-order chi connectivity index (χ0) is 12.8. The van der Waals surface area contributed by atoms with E-state index in [1.807, 2.05) is 13.8 Å². The zero-order valence-corrected chi connectivity index (χ0v) is 10.1. The Morgan fingerprint density at radius 3 is 2.88 bits per heavy atom. The molecule has 1 aromatic rings. The van der Waals surface area contributed by atoms with Crippen LogP contribution in [0.5, 0.6) is 0 Å². The van der Waals surface area contributed by atoms with Crippen molar-refractivity contribution < 1.29 is 9.60 Å². The van der Waals surface area contributed by atoms with Gasteiger partial charge in [-0.25, -0.2) is 4.39 Å². The Labute approximate surface area is 100 Å². The molecule has 0 bridgehead atoms. The van der Waals surface area contributed by atoms with Crippen LogP contribution in [0.25, 0.3) is 0 Å². The van der Waals surface area contributed by atoms with Gasteiger partial charge in [0.1, 0.15) is 11.7 Å². The van der Waals surface area contributed by atoms with Crippen LogP contribution >= 0.6 is 0 Å². The van der Waals surface area contributed by atoms with Gasteiger partial charge in [-0.2, -0.15) is 0 Å². The van der Waals surface area contributed by atoms with E-state index in [1.165, 1.54) is 6.07 Å². The minimum atomic E-state index is -0.298. The molecule has 1 aromatic carbocycles. The number of nitrogens with two attached hydrogens (primary N) is 1. The number of halogens is 1. The first-order valence-corrected chi connectivity index (χ1v) is 5.56. The summed E-state index contributed by atoms with van der Waals surface area (Å²) in [7, 11) is 0. The smallest absolute Gasteiger partial charge is 0.146 e. The third-order valence-electron chi connectivity index (χ3n) is 2.56. The van der Waals surface area contributed by atoms with Crippen molar-refractivity contribution in [3.05, 3.63) is 29.6 Å². The van der Waals surface area contributed by atoms with Crippen LogP contribution in [0.4, 0.5) is 10.1 Å². The molecule has 1 atom stereocenters. The molecule has 0 aromatic heterocycles. The number of nitrogens with one attached hydrogen (secondary N) is 1. The lowest BCUT2D eigenvalue weighted by Crippen LogP contribution is -2.26. The van der Waals surface area contributed by atoms with Crippen LogP contribution < -0.4 is 11.1 Å². The summed E-state index contributed by atoms with van der Waals surface area (Å²) in [6.07, 6.45) is 1.13. The van der Waals surface area contributed by atoms with Crippen molar-refractivity contribution in [3.63, 3.8) is 0 Å². The Morgan fingerprint density at radius 2 is 2.29 bits per heavy atom. The number of anilines is 1. The SMILES string of the molecule is CCC(CC(N)=NO)Nc1cc(C)ccc1F. The Morgan fingerprint density at radius 1 is 1.59 bits per heavy atom. The lowest BCUT2D eigenvalue weighted by atomic mass is 10.1. The highest BCUT2D eigenvalue weighted by atomic mass is 19.1. The molecule has 0 aliphatic rings. The van der Waals surface area contributed by atoms with Gasteiger partial charge >= 0.3 is 0 Å². The molecule has 0 amide bonds. The minimum Gasteiger partial charge on any atom is -0.409 e. The fraction of sp³-hybridized carbons (Fsp3) is 0.417. The van der Waals surface area contributed by atoms with Crippen LogP contribution in [0, 0.1) is 12.7 Å². The first-order chi connectivity index (χ1) is 8.06. The maximum Gasteiger partial charge on any atom is 0.146 e. The second-order valence-electron chi connectivity index (χ2n) is 4.03. The number of amidine groups is 1. The van der Waals surface area contributed by atoms with E-state index in [-0.39, 0.29) is 17.7 Å². The molecule has 0 saturated carbocycles. The summed E-state index contributed by atoms with van der Waals surface area (Å²) >= 11 is 0. The Bertz CT molecular complexity index is 407. The largest absolute Gasteiger partial charge is 0.409 e.